The molecule has 0 unspecified atom stereocenters. The Hall–Kier alpha value is -3.60. The molecule has 2 fully saturated rings. The Morgan fingerprint density at radius 1 is 1.03 bits per heavy atom. The van der Waals surface area contributed by atoms with Crippen LogP contribution in [0.2, 0.25) is 0 Å². The van der Waals surface area contributed by atoms with Gasteiger partial charge in [-0.05, 0) is 44.9 Å². The molecular formula is C28H40N6O5. The van der Waals surface area contributed by atoms with Gasteiger partial charge in [0, 0.05) is 44.7 Å². The molecule has 39 heavy (non-hydrogen) atoms. The number of methoxy groups -OCH3 is 1. The van der Waals surface area contributed by atoms with Crippen molar-refractivity contribution in [3.05, 3.63) is 29.5 Å². The quantitative estimate of drug-likeness (QED) is 0.461. The highest BCUT2D eigenvalue weighted by Gasteiger charge is 2.37. The lowest BCUT2D eigenvalue weighted by molar-refractivity contribution is -0.140. The monoisotopic (exact) mass is 540 g/mol. The molecule has 2 heterocycles. The predicted molar refractivity (Wildman–Crippen MR) is 147 cm³/mol. The molecule has 4 rings (SSSR count). The number of aromatic nitrogens is 1. The molecule has 11 nitrogen and oxygen atoms in total. The van der Waals surface area contributed by atoms with Crippen LogP contribution in [-0.2, 0) is 16.6 Å². The third-order valence-electron chi connectivity index (χ3n) is 8.25. The number of piperazine rings is 1. The number of fused-ring (bicyclic) bond motifs is 1. The van der Waals surface area contributed by atoms with Crippen molar-refractivity contribution in [2.24, 2.45) is 18.7 Å². The molecule has 11 heteroatoms. The second kappa shape index (κ2) is 12.1. The van der Waals surface area contributed by atoms with Crippen LogP contribution < -0.4 is 21.1 Å². The van der Waals surface area contributed by atoms with Crippen molar-refractivity contribution in [3.63, 3.8) is 0 Å². The van der Waals surface area contributed by atoms with E-state index in [0.29, 0.717) is 42.8 Å². The third-order valence-corrected chi connectivity index (χ3v) is 8.25. The molecule has 2 aliphatic rings. The van der Waals surface area contributed by atoms with Crippen LogP contribution in [0.3, 0.4) is 0 Å². The minimum absolute atomic E-state index is 0.0971. The first-order chi connectivity index (χ1) is 18.7. The number of hydrogen-bond donors (Lipinski definition) is 3. The zero-order chi connectivity index (χ0) is 28.3. The van der Waals surface area contributed by atoms with Gasteiger partial charge in [0.25, 0.3) is 11.8 Å². The summed E-state index contributed by atoms with van der Waals surface area (Å²) < 4.78 is 6.99. The largest absolute Gasteiger partial charge is 0.497 e. The van der Waals surface area contributed by atoms with E-state index in [2.05, 4.69) is 10.6 Å². The van der Waals surface area contributed by atoms with Crippen molar-refractivity contribution in [2.45, 2.75) is 51.1 Å². The lowest BCUT2D eigenvalue weighted by atomic mass is 9.83. The van der Waals surface area contributed by atoms with Crippen LogP contribution in [0, 0.1) is 5.92 Å². The van der Waals surface area contributed by atoms with E-state index in [4.69, 9.17) is 10.5 Å². The molecule has 1 aromatic carbocycles. The van der Waals surface area contributed by atoms with E-state index in [1.54, 1.807) is 60.7 Å². The SMILES string of the molecule is CN[C@@H](C)C(=O)N[C@H](C(=O)N1CCN(C(=O)c2c(C(N)=O)c3ccc(OC)cc3n2C)CC1)C1CCCCC1. The maximum atomic E-state index is 13.7. The Morgan fingerprint density at radius 3 is 2.26 bits per heavy atom. The number of aryl methyl sites for hydroxylation is 1. The number of nitrogens with two attached hydrogens (primary N) is 1. The second-order valence-corrected chi connectivity index (χ2v) is 10.5. The highest BCUT2D eigenvalue weighted by Crippen LogP contribution is 2.30. The Balaban J connectivity index is 1.51. The van der Waals surface area contributed by atoms with Gasteiger partial charge >= 0.3 is 0 Å². The van der Waals surface area contributed by atoms with Crippen molar-refractivity contribution < 1.29 is 23.9 Å². The molecule has 1 saturated heterocycles. The van der Waals surface area contributed by atoms with Crippen LogP contribution in [0.15, 0.2) is 18.2 Å². The number of nitrogens with one attached hydrogen (secondary N) is 2. The summed E-state index contributed by atoms with van der Waals surface area (Å²) in [5.41, 5.74) is 6.79. The number of carbonyl (C=O) groups is 4. The molecule has 1 saturated carbocycles. The van der Waals surface area contributed by atoms with E-state index < -0.39 is 18.0 Å². The number of likely N-dealkylation sites (N-methyl/N-ethyl adjacent to an activating group) is 1. The number of hydrogen-bond acceptors (Lipinski definition) is 6. The highest BCUT2D eigenvalue weighted by molar-refractivity contribution is 6.15. The van der Waals surface area contributed by atoms with Gasteiger partial charge in [-0.1, -0.05) is 19.3 Å². The third kappa shape index (κ3) is 5.73. The molecule has 4 N–H and O–H groups in total. The minimum atomic E-state index is -0.676. The maximum Gasteiger partial charge on any atom is 0.271 e. The molecule has 1 aliphatic heterocycles. The van der Waals surface area contributed by atoms with Crippen molar-refractivity contribution in [1.29, 1.82) is 0 Å². The predicted octanol–water partition coefficient (Wildman–Crippen LogP) is 1.24. The Bertz CT molecular complexity index is 1240. The topological polar surface area (TPSA) is 139 Å². The van der Waals surface area contributed by atoms with Gasteiger partial charge in [-0.2, -0.15) is 0 Å². The number of ether oxygens (including phenoxy) is 1. The van der Waals surface area contributed by atoms with Gasteiger partial charge in [-0.15, -0.1) is 0 Å². The summed E-state index contributed by atoms with van der Waals surface area (Å²) in [4.78, 5) is 55.9. The van der Waals surface area contributed by atoms with Gasteiger partial charge in [0.2, 0.25) is 11.8 Å². The Kier molecular flexibility index (Phi) is 8.79. The van der Waals surface area contributed by atoms with Crippen LogP contribution in [-0.4, -0.2) is 90.4 Å². The fourth-order valence-corrected chi connectivity index (χ4v) is 5.78. The van der Waals surface area contributed by atoms with E-state index in [1.165, 1.54) is 0 Å². The lowest BCUT2D eigenvalue weighted by Crippen LogP contribution is -2.59. The first kappa shape index (κ1) is 28.4. The van der Waals surface area contributed by atoms with Gasteiger partial charge < -0.3 is 35.5 Å². The standard InChI is InChI=1S/C28H40N6O5/c1-17(30-2)26(36)31-23(18-8-6-5-7-9-18)27(37)33-12-14-34(15-13-33)28(38)24-22(25(29)35)20-11-10-19(39-4)16-21(20)32(24)3/h10-11,16-18,23,30H,5-9,12-15H2,1-4H3,(H2,29,35)(H,31,36)/t17-,23-/m0/s1. The molecule has 0 radical (unpaired) electrons. The van der Waals surface area contributed by atoms with Crippen molar-refractivity contribution in [3.8, 4) is 5.75 Å². The molecule has 1 aromatic heterocycles. The minimum Gasteiger partial charge on any atom is -0.497 e. The lowest BCUT2D eigenvalue weighted by Gasteiger charge is -2.39. The van der Waals surface area contributed by atoms with Crippen LogP contribution >= 0.6 is 0 Å². The van der Waals surface area contributed by atoms with Crippen LogP contribution in [0.25, 0.3) is 10.9 Å². The van der Waals surface area contributed by atoms with Crippen LogP contribution in [0.1, 0.15) is 59.9 Å². The van der Waals surface area contributed by atoms with Gasteiger partial charge in [0.1, 0.15) is 17.5 Å². The summed E-state index contributed by atoms with van der Waals surface area (Å²) in [6, 6.07) is 4.25. The summed E-state index contributed by atoms with van der Waals surface area (Å²) in [5, 5.41) is 6.53. The average molecular weight is 541 g/mol. The first-order valence-electron chi connectivity index (χ1n) is 13.7. The van der Waals surface area contributed by atoms with Gasteiger partial charge in [-0.25, -0.2) is 0 Å². The molecule has 2 atom stereocenters. The molecule has 212 valence electrons. The average Bonchev–Trinajstić information content (AvgIpc) is 3.26. The van der Waals surface area contributed by atoms with Crippen LogP contribution in [0.5, 0.6) is 5.75 Å². The number of primary amides is 1. The first-order valence-corrected chi connectivity index (χ1v) is 13.7. The molecule has 0 spiro atoms. The molecular weight excluding hydrogens is 500 g/mol. The zero-order valence-electron chi connectivity index (χ0n) is 23.3. The van der Waals surface area contributed by atoms with Gasteiger partial charge in [0.05, 0.1) is 24.2 Å². The summed E-state index contributed by atoms with van der Waals surface area (Å²) in [5.74, 6) is -0.570. The van der Waals surface area contributed by atoms with E-state index >= 15 is 0 Å². The van der Waals surface area contributed by atoms with Gasteiger partial charge in [-0.3, -0.25) is 19.2 Å². The summed E-state index contributed by atoms with van der Waals surface area (Å²) in [7, 11) is 5.00. The number of nitrogens with zero attached hydrogens (tertiary/aromatic N) is 3. The van der Waals surface area contributed by atoms with Gasteiger partial charge in [0.15, 0.2) is 0 Å². The van der Waals surface area contributed by atoms with Crippen molar-refractivity contribution in [1.82, 2.24) is 25.0 Å². The van der Waals surface area contributed by atoms with E-state index in [0.717, 1.165) is 32.1 Å². The van der Waals surface area contributed by atoms with Crippen molar-refractivity contribution in [2.75, 3.05) is 40.3 Å². The molecule has 1 aliphatic carbocycles. The summed E-state index contributed by atoms with van der Waals surface area (Å²) in [6.45, 7) is 3.08. The smallest absolute Gasteiger partial charge is 0.271 e. The van der Waals surface area contributed by atoms with Crippen LogP contribution in [0.4, 0.5) is 0 Å². The zero-order valence-corrected chi connectivity index (χ0v) is 23.3. The van der Waals surface area contributed by atoms with E-state index in [1.807, 2.05) is 0 Å². The van der Waals surface area contributed by atoms with E-state index in [9.17, 15) is 19.2 Å². The molecule has 2 aromatic rings. The number of benzene rings is 1. The number of carbonyl (C=O) groups excluding carboxylic acids is 4. The number of amides is 4. The maximum absolute atomic E-state index is 13.7. The Labute approximate surface area is 229 Å². The Morgan fingerprint density at radius 2 is 1.67 bits per heavy atom. The van der Waals surface area contributed by atoms with Crippen molar-refractivity contribution >= 4 is 34.5 Å². The highest BCUT2D eigenvalue weighted by atomic mass is 16.5. The van der Waals surface area contributed by atoms with E-state index in [-0.39, 0.29) is 34.9 Å². The fourth-order valence-electron chi connectivity index (χ4n) is 5.78. The summed E-state index contributed by atoms with van der Waals surface area (Å²) >= 11 is 0. The second-order valence-electron chi connectivity index (χ2n) is 10.5. The fraction of sp³-hybridized carbons (Fsp3) is 0.571. The number of rotatable bonds is 8. The molecule has 4 amide bonds. The summed E-state index contributed by atoms with van der Waals surface area (Å²) in [6.07, 6.45) is 5.06. The normalized spacial score (nSPS) is 18.1. The molecule has 0 bridgehead atoms.